The van der Waals surface area contributed by atoms with Crippen LogP contribution in [-0.2, 0) is 0 Å². The summed E-state index contributed by atoms with van der Waals surface area (Å²) in [5.41, 5.74) is 3.90. The minimum absolute atomic E-state index is 0.753. The minimum atomic E-state index is 0.753. The Labute approximate surface area is 121 Å². The molecule has 0 aliphatic carbocycles. The van der Waals surface area contributed by atoms with E-state index in [4.69, 9.17) is 16.0 Å². The molecule has 0 spiro atoms. The fourth-order valence-electron chi connectivity index (χ4n) is 2.59. The lowest BCUT2D eigenvalue weighted by atomic mass is 10.0. The molecule has 0 amide bonds. The summed E-state index contributed by atoms with van der Waals surface area (Å²) < 4.78 is 5.91. The van der Waals surface area contributed by atoms with Crippen LogP contribution in [0.15, 0.2) is 71.1 Å². The van der Waals surface area contributed by atoms with Crippen LogP contribution in [-0.4, -0.2) is 0 Å². The van der Waals surface area contributed by atoms with E-state index < -0.39 is 0 Å². The van der Waals surface area contributed by atoms with E-state index in [1.165, 1.54) is 0 Å². The first-order chi connectivity index (χ1) is 9.83. The molecule has 0 saturated heterocycles. The number of benzene rings is 3. The predicted molar refractivity (Wildman–Crippen MR) is 84.2 cm³/mol. The van der Waals surface area contributed by atoms with E-state index in [-0.39, 0.29) is 0 Å². The van der Waals surface area contributed by atoms with Crippen LogP contribution in [0.1, 0.15) is 0 Å². The molecule has 2 heteroatoms. The van der Waals surface area contributed by atoms with Gasteiger partial charge in [-0.3, -0.25) is 0 Å². The van der Waals surface area contributed by atoms with Gasteiger partial charge in [-0.15, -0.1) is 0 Å². The van der Waals surface area contributed by atoms with Gasteiger partial charge in [0.15, 0.2) is 0 Å². The number of hydrogen-bond acceptors (Lipinski definition) is 1. The highest BCUT2D eigenvalue weighted by Gasteiger charge is 2.09. The third-order valence-corrected chi connectivity index (χ3v) is 3.89. The molecule has 3 aromatic carbocycles. The standard InChI is InChI=1S/C18H11ClO/c19-16-7-3-1-5-13(16)12-9-10-15-14-6-2-4-8-17(14)20-18(15)11-12/h1-11H. The average molecular weight is 279 g/mol. The minimum Gasteiger partial charge on any atom is -0.456 e. The Morgan fingerprint density at radius 2 is 1.45 bits per heavy atom. The van der Waals surface area contributed by atoms with Crippen LogP contribution in [0, 0.1) is 0 Å². The van der Waals surface area contributed by atoms with Gasteiger partial charge in [-0.05, 0) is 29.8 Å². The lowest BCUT2D eigenvalue weighted by Crippen LogP contribution is -1.78. The SMILES string of the molecule is Clc1ccccc1-c1ccc2c(c1)oc1ccccc12. The maximum absolute atomic E-state index is 6.26. The highest BCUT2D eigenvalue weighted by molar-refractivity contribution is 6.33. The van der Waals surface area contributed by atoms with Crippen molar-refractivity contribution < 1.29 is 4.42 Å². The van der Waals surface area contributed by atoms with Gasteiger partial charge in [-0.25, -0.2) is 0 Å². The van der Waals surface area contributed by atoms with Gasteiger partial charge in [0.2, 0.25) is 0 Å². The van der Waals surface area contributed by atoms with Gasteiger partial charge in [0.1, 0.15) is 11.2 Å². The molecule has 0 radical (unpaired) electrons. The smallest absolute Gasteiger partial charge is 0.136 e. The topological polar surface area (TPSA) is 13.1 Å². The zero-order valence-electron chi connectivity index (χ0n) is 10.6. The fraction of sp³-hybridized carbons (Fsp3) is 0. The van der Waals surface area contributed by atoms with Gasteiger partial charge in [-0.1, -0.05) is 54.1 Å². The number of hydrogen-bond donors (Lipinski definition) is 0. The van der Waals surface area contributed by atoms with Gasteiger partial charge in [0.25, 0.3) is 0 Å². The molecule has 0 unspecified atom stereocenters. The molecule has 96 valence electrons. The summed E-state index contributed by atoms with van der Waals surface area (Å²) >= 11 is 6.26. The average Bonchev–Trinajstić information content (AvgIpc) is 2.85. The Morgan fingerprint density at radius 1 is 0.700 bits per heavy atom. The fourth-order valence-corrected chi connectivity index (χ4v) is 2.83. The zero-order valence-corrected chi connectivity index (χ0v) is 11.4. The van der Waals surface area contributed by atoms with E-state index in [0.717, 1.165) is 38.1 Å². The van der Waals surface area contributed by atoms with Crippen molar-refractivity contribution in [1.82, 2.24) is 0 Å². The van der Waals surface area contributed by atoms with Crippen LogP contribution in [0.5, 0.6) is 0 Å². The number of halogens is 1. The number of rotatable bonds is 1. The Kier molecular flexibility index (Phi) is 2.54. The second kappa shape index (κ2) is 4.39. The van der Waals surface area contributed by atoms with Crippen molar-refractivity contribution >= 4 is 33.5 Å². The Hall–Kier alpha value is -2.25. The summed E-state index contributed by atoms with van der Waals surface area (Å²) in [6.45, 7) is 0. The summed E-state index contributed by atoms with van der Waals surface area (Å²) in [4.78, 5) is 0. The second-order valence-corrected chi connectivity index (χ2v) is 5.20. The van der Waals surface area contributed by atoms with E-state index in [1.807, 2.05) is 42.5 Å². The summed E-state index contributed by atoms with van der Waals surface area (Å²) in [6.07, 6.45) is 0. The normalized spacial score (nSPS) is 11.2. The monoisotopic (exact) mass is 278 g/mol. The van der Waals surface area contributed by atoms with Crippen LogP contribution >= 0.6 is 11.6 Å². The van der Waals surface area contributed by atoms with Crippen LogP contribution in [0.25, 0.3) is 33.1 Å². The van der Waals surface area contributed by atoms with Crippen molar-refractivity contribution in [3.63, 3.8) is 0 Å². The summed E-state index contributed by atoms with van der Waals surface area (Å²) in [5.74, 6) is 0. The molecule has 4 aromatic rings. The lowest BCUT2D eigenvalue weighted by Gasteiger charge is -2.03. The summed E-state index contributed by atoms with van der Waals surface area (Å²) in [5, 5.41) is 3.03. The molecule has 1 aromatic heterocycles. The molecule has 0 atom stereocenters. The molecule has 20 heavy (non-hydrogen) atoms. The Balaban J connectivity index is 2.00. The molecular formula is C18H11ClO. The van der Waals surface area contributed by atoms with Crippen molar-refractivity contribution in [2.24, 2.45) is 0 Å². The Bertz CT molecular complexity index is 921. The van der Waals surface area contributed by atoms with Gasteiger partial charge < -0.3 is 4.42 Å². The summed E-state index contributed by atoms with van der Waals surface area (Å²) in [6, 6.07) is 22.2. The molecule has 1 heterocycles. The van der Waals surface area contributed by atoms with Crippen molar-refractivity contribution in [3.05, 3.63) is 71.8 Å². The second-order valence-electron chi connectivity index (χ2n) is 4.79. The predicted octanol–water partition coefficient (Wildman–Crippen LogP) is 5.91. The van der Waals surface area contributed by atoms with E-state index in [2.05, 4.69) is 24.3 Å². The molecule has 0 N–H and O–H groups in total. The van der Waals surface area contributed by atoms with Gasteiger partial charge in [0.05, 0.1) is 0 Å². The van der Waals surface area contributed by atoms with Crippen LogP contribution in [0.4, 0.5) is 0 Å². The number of fused-ring (bicyclic) bond motifs is 3. The van der Waals surface area contributed by atoms with Crippen LogP contribution < -0.4 is 0 Å². The number of furan rings is 1. The van der Waals surface area contributed by atoms with Gasteiger partial charge in [0, 0.05) is 21.4 Å². The summed E-state index contributed by atoms with van der Waals surface area (Å²) in [7, 11) is 0. The van der Waals surface area contributed by atoms with Crippen molar-refractivity contribution in [1.29, 1.82) is 0 Å². The Morgan fingerprint density at radius 3 is 2.35 bits per heavy atom. The zero-order chi connectivity index (χ0) is 13.5. The quantitative estimate of drug-likeness (QED) is 0.422. The van der Waals surface area contributed by atoms with Crippen LogP contribution in [0.3, 0.4) is 0 Å². The third-order valence-electron chi connectivity index (χ3n) is 3.56. The molecule has 1 nitrogen and oxygen atoms in total. The first kappa shape index (κ1) is 11.6. The van der Waals surface area contributed by atoms with E-state index in [0.29, 0.717) is 0 Å². The molecule has 0 bridgehead atoms. The highest BCUT2D eigenvalue weighted by Crippen LogP contribution is 2.34. The van der Waals surface area contributed by atoms with Crippen molar-refractivity contribution in [3.8, 4) is 11.1 Å². The molecule has 0 aliphatic rings. The first-order valence-electron chi connectivity index (χ1n) is 6.49. The van der Waals surface area contributed by atoms with E-state index in [1.54, 1.807) is 0 Å². The first-order valence-corrected chi connectivity index (χ1v) is 6.87. The largest absolute Gasteiger partial charge is 0.456 e. The van der Waals surface area contributed by atoms with Gasteiger partial charge in [-0.2, -0.15) is 0 Å². The molecule has 0 fully saturated rings. The maximum atomic E-state index is 6.26. The van der Waals surface area contributed by atoms with Gasteiger partial charge >= 0.3 is 0 Å². The molecule has 4 rings (SSSR count). The van der Waals surface area contributed by atoms with Crippen LogP contribution in [0.2, 0.25) is 5.02 Å². The molecule has 0 saturated carbocycles. The molecular weight excluding hydrogens is 268 g/mol. The van der Waals surface area contributed by atoms with E-state index in [9.17, 15) is 0 Å². The maximum Gasteiger partial charge on any atom is 0.136 e. The third kappa shape index (κ3) is 1.71. The van der Waals surface area contributed by atoms with Crippen molar-refractivity contribution in [2.45, 2.75) is 0 Å². The number of para-hydroxylation sites is 1. The highest BCUT2D eigenvalue weighted by atomic mass is 35.5. The van der Waals surface area contributed by atoms with Crippen molar-refractivity contribution in [2.75, 3.05) is 0 Å². The lowest BCUT2D eigenvalue weighted by molar-refractivity contribution is 0.669. The molecule has 0 aliphatic heterocycles. The van der Waals surface area contributed by atoms with E-state index >= 15 is 0 Å².